The van der Waals surface area contributed by atoms with Crippen LogP contribution in [0.2, 0.25) is 0 Å². The predicted octanol–water partition coefficient (Wildman–Crippen LogP) is 3.73. The Morgan fingerprint density at radius 2 is 2.05 bits per heavy atom. The van der Waals surface area contributed by atoms with E-state index in [1.165, 1.54) is 11.1 Å². The zero-order valence-electron chi connectivity index (χ0n) is 14.1. The van der Waals surface area contributed by atoms with Crippen LogP contribution in [-0.2, 0) is 11.2 Å². The average Bonchev–Trinajstić information content (AvgIpc) is 2.49. The van der Waals surface area contributed by atoms with E-state index in [2.05, 4.69) is 37.4 Å². The lowest BCUT2D eigenvalue weighted by molar-refractivity contribution is 0.140. The van der Waals surface area contributed by atoms with Gasteiger partial charge < -0.3 is 14.8 Å². The van der Waals surface area contributed by atoms with Gasteiger partial charge in [-0.1, -0.05) is 24.6 Å². The molecule has 0 bridgehead atoms. The summed E-state index contributed by atoms with van der Waals surface area (Å²) < 4.78 is 10.9. The smallest absolute Gasteiger partial charge is 0.122 e. The monoisotopic (exact) mass is 293 g/mol. The van der Waals surface area contributed by atoms with Crippen LogP contribution in [0.1, 0.15) is 44.2 Å². The number of hydrogen-bond acceptors (Lipinski definition) is 3. The fraction of sp³-hybridized carbons (Fsp3) is 0.667. The summed E-state index contributed by atoms with van der Waals surface area (Å²) in [5.41, 5.74) is 2.58. The van der Waals surface area contributed by atoms with E-state index < -0.39 is 0 Å². The maximum absolute atomic E-state index is 5.50. The van der Waals surface area contributed by atoms with Crippen molar-refractivity contribution < 1.29 is 9.47 Å². The molecule has 1 N–H and O–H groups in total. The quantitative estimate of drug-likeness (QED) is 0.631. The lowest BCUT2D eigenvalue weighted by Gasteiger charge is -2.20. The van der Waals surface area contributed by atoms with Crippen molar-refractivity contribution in [2.24, 2.45) is 0 Å². The number of benzene rings is 1. The second kappa shape index (κ2) is 10.6. The van der Waals surface area contributed by atoms with E-state index in [0.29, 0.717) is 6.04 Å². The number of ether oxygens (including phenoxy) is 2. The van der Waals surface area contributed by atoms with Crippen molar-refractivity contribution in [3.8, 4) is 5.75 Å². The Kier molecular flexibility index (Phi) is 9.11. The zero-order valence-corrected chi connectivity index (χ0v) is 14.1. The Morgan fingerprint density at radius 3 is 2.71 bits per heavy atom. The standard InChI is InChI=1S/C18H31NO2/c1-5-11-19-17(8-7-12-21-6-2)14-16-13-15(3)9-10-18(16)20-4/h9-10,13,17,19H,5-8,11-12,14H2,1-4H3. The summed E-state index contributed by atoms with van der Waals surface area (Å²) in [6.07, 6.45) is 4.41. The Morgan fingerprint density at radius 1 is 1.24 bits per heavy atom. The Labute approximate surface area is 130 Å². The summed E-state index contributed by atoms with van der Waals surface area (Å²) in [5.74, 6) is 0.994. The molecule has 0 heterocycles. The molecule has 1 aromatic rings. The molecule has 0 aromatic heterocycles. The molecule has 1 rings (SSSR count). The van der Waals surface area contributed by atoms with Gasteiger partial charge >= 0.3 is 0 Å². The largest absolute Gasteiger partial charge is 0.496 e. The van der Waals surface area contributed by atoms with Gasteiger partial charge in [0.05, 0.1) is 7.11 Å². The van der Waals surface area contributed by atoms with Crippen molar-refractivity contribution in [3.05, 3.63) is 29.3 Å². The number of methoxy groups -OCH3 is 1. The van der Waals surface area contributed by atoms with Gasteiger partial charge in [-0.2, -0.15) is 0 Å². The van der Waals surface area contributed by atoms with Gasteiger partial charge in [-0.05, 0) is 57.7 Å². The van der Waals surface area contributed by atoms with Crippen molar-refractivity contribution in [3.63, 3.8) is 0 Å². The SMILES string of the molecule is CCCNC(CCCOCC)Cc1cc(C)ccc1OC. The minimum Gasteiger partial charge on any atom is -0.496 e. The first-order chi connectivity index (χ1) is 10.2. The second-order valence-corrected chi connectivity index (χ2v) is 5.51. The molecule has 3 nitrogen and oxygen atoms in total. The van der Waals surface area contributed by atoms with Gasteiger partial charge in [-0.3, -0.25) is 0 Å². The highest BCUT2D eigenvalue weighted by atomic mass is 16.5. The van der Waals surface area contributed by atoms with E-state index in [0.717, 1.165) is 51.2 Å². The van der Waals surface area contributed by atoms with Gasteiger partial charge in [0.15, 0.2) is 0 Å². The number of aryl methyl sites for hydroxylation is 1. The van der Waals surface area contributed by atoms with Gasteiger partial charge in [0.2, 0.25) is 0 Å². The maximum Gasteiger partial charge on any atom is 0.122 e. The number of nitrogens with one attached hydrogen (secondary N) is 1. The first-order valence-electron chi connectivity index (χ1n) is 8.15. The zero-order chi connectivity index (χ0) is 15.5. The normalized spacial score (nSPS) is 12.4. The topological polar surface area (TPSA) is 30.5 Å². The van der Waals surface area contributed by atoms with Gasteiger partial charge in [0.1, 0.15) is 5.75 Å². The highest BCUT2D eigenvalue weighted by Gasteiger charge is 2.12. The van der Waals surface area contributed by atoms with E-state index in [1.807, 2.05) is 6.92 Å². The molecule has 1 aromatic carbocycles. The van der Waals surface area contributed by atoms with Crippen LogP contribution in [0, 0.1) is 6.92 Å². The summed E-state index contributed by atoms with van der Waals surface area (Å²) in [6, 6.07) is 6.90. The summed E-state index contributed by atoms with van der Waals surface area (Å²) in [4.78, 5) is 0. The molecule has 0 aliphatic rings. The molecule has 0 saturated carbocycles. The van der Waals surface area contributed by atoms with E-state index >= 15 is 0 Å². The molecule has 0 saturated heterocycles. The molecule has 0 aliphatic heterocycles. The van der Waals surface area contributed by atoms with Gasteiger partial charge in [-0.25, -0.2) is 0 Å². The summed E-state index contributed by atoms with van der Waals surface area (Å²) in [5, 5.41) is 3.65. The maximum atomic E-state index is 5.50. The van der Waals surface area contributed by atoms with Crippen LogP contribution in [0.25, 0.3) is 0 Å². The third-order valence-corrected chi connectivity index (χ3v) is 3.63. The first kappa shape index (κ1) is 18.0. The molecule has 1 atom stereocenters. The van der Waals surface area contributed by atoms with E-state index in [1.54, 1.807) is 7.11 Å². The summed E-state index contributed by atoms with van der Waals surface area (Å²) in [7, 11) is 1.75. The lowest BCUT2D eigenvalue weighted by Crippen LogP contribution is -2.32. The fourth-order valence-corrected chi connectivity index (χ4v) is 2.53. The third kappa shape index (κ3) is 6.96. The minimum absolute atomic E-state index is 0.487. The van der Waals surface area contributed by atoms with Gasteiger partial charge in [0, 0.05) is 19.3 Å². The molecule has 0 spiro atoms. The molecular weight excluding hydrogens is 262 g/mol. The molecule has 1 unspecified atom stereocenters. The van der Waals surface area contributed by atoms with Crippen LogP contribution in [0.5, 0.6) is 5.75 Å². The molecule has 0 aliphatic carbocycles. The van der Waals surface area contributed by atoms with Crippen LogP contribution >= 0.6 is 0 Å². The van der Waals surface area contributed by atoms with Crippen LogP contribution in [0.3, 0.4) is 0 Å². The van der Waals surface area contributed by atoms with Crippen molar-refractivity contribution in [2.75, 3.05) is 26.9 Å². The van der Waals surface area contributed by atoms with Crippen LogP contribution < -0.4 is 10.1 Å². The number of hydrogen-bond donors (Lipinski definition) is 1. The molecular formula is C18H31NO2. The Hall–Kier alpha value is -1.06. The highest BCUT2D eigenvalue weighted by Crippen LogP contribution is 2.22. The molecule has 120 valence electrons. The molecule has 0 fully saturated rings. The van der Waals surface area contributed by atoms with Gasteiger partial charge in [0.25, 0.3) is 0 Å². The third-order valence-electron chi connectivity index (χ3n) is 3.63. The van der Waals surface area contributed by atoms with E-state index in [9.17, 15) is 0 Å². The highest BCUT2D eigenvalue weighted by molar-refractivity contribution is 5.37. The summed E-state index contributed by atoms with van der Waals surface area (Å²) in [6.45, 7) is 9.10. The molecule has 0 radical (unpaired) electrons. The van der Waals surface area contributed by atoms with E-state index in [4.69, 9.17) is 9.47 Å². The van der Waals surface area contributed by atoms with Crippen molar-refractivity contribution in [1.82, 2.24) is 5.32 Å². The first-order valence-corrected chi connectivity index (χ1v) is 8.15. The van der Waals surface area contributed by atoms with Crippen LogP contribution in [0.15, 0.2) is 18.2 Å². The predicted molar refractivity (Wildman–Crippen MR) is 89.2 cm³/mol. The lowest BCUT2D eigenvalue weighted by atomic mass is 9.99. The Balaban J connectivity index is 2.63. The summed E-state index contributed by atoms with van der Waals surface area (Å²) >= 11 is 0. The van der Waals surface area contributed by atoms with Gasteiger partial charge in [-0.15, -0.1) is 0 Å². The number of rotatable bonds is 11. The van der Waals surface area contributed by atoms with Crippen LogP contribution in [0.4, 0.5) is 0 Å². The van der Waals surface area contributed by atoms with Crippen molar-refractivity contribution in [1.29, 1.82) is 0 Å². The second-order valence-electron chi connectivity index (χ2n) is 5.51. The molecule has 21 heavy (non-hydrogen) atoms. The minimum atomic E-state index is 0.487. The van der Waals surface area contributed by atoms with E-state index in [-0.39, 0.29) is 0 Å². The fourth-order valence-electron chi connectivity index (χ4n) is 2.53. The van der Waals surface area contributed by atoms with Crippen LogP contribution in [-0.4, -0.2) is 32.9 Å². The molecule has 0 amide bonds. The average molecular weight is 293 g/mol. The van der Waals surface area contributed by atoms with Crippen molar-refractivity contribution >= 4 is 0 Å². The van der Waals surface area contributed by atoms with Crippen molar-refractivity contribution in [2.45, 2.75) is 52.5 Å². The molecule has 3 heteroatoms. The Bertz CT molecular complexity index is 393.